The number of nitrogens with zero attached hydrogens (tertiary/aromatic N) is 1. The standard InChI is InChI=1S/C15H18BNO3/c1-11-13-5-3-4-12(6-7-15(19)20-2)14(13)8-9-17(11)16-10-18/h3-7,10-11,16H,8-9H2,1-2H3/b7-6+/t11-/m0/s1. The summed E-state index contributed by atoms with van der Waals surface area (Å²) in [6.07, 6.45) is 5.07. The number of benzene rings is 1. The molecule has 1 aromatic carbocycles. The Balaban J connectivity index is 2.29. The molecule has 2 rings (SSSR count). The summed E-state index contributed by atoms with van der Waals surface area (Å²) in [4.78, 5) is 24.1. The van der Waals surface area contributed by atoms with Gasteiger partial charge in [-0.2, -0.15) is 0 Å². The summed E-state index contributed by atoms with van der Waals surface area (Å²) in [5.74, 6) is -0.353. The second-order valence-corrected chi connectivity index (χ2v) is 4.86. The molecule has 5 heteroatoms. The van der Waals surface area contributed by atoms with Crippen LogP contribution in [-0.2, 0) is 20.7 Å². The van der Waals surface area contributed by atoms with E-state index >= 15 is 0 Å². The van der Waals surface area contributed by atoms with Crippen LogP contribution in [0.4, 0.5) is 0 Å². The Morgan fingerprint density at radius 2 is 2.30 bits per heavy atom. The van der Waals surface area contributed by atoms with Gasteiger partial charge in [0.25, 0.3) is 7.41 Å². The molecule has 0 N–H and O–H groups in total. The van der Waals surface area contributed by atoms with Crippen LogP contribution in [0.25, 0.3) is 6.08 Å². The van der Waals surface area contributed by atoms with Crippen molar-refractivity contribution in [3.8, 4) is 0 Å². The molecule has 1 aromatic rings. The predicted molar refractivity (Wildman–Crippen MR) is 80.2 cm³/mol. The number of hydrogen-bond acceptors (Lipinski definition) is 4. The molecule has 104 valence electrons. The van der Waals surface area contributed by atoms with Gasteiger partial charge >= 0.3 is 5.97 Å². The maximum absolute atomic E-state index is 11.2. The summed E-state index contributed by atoms with van der Waals surface area (Å²) in [6, 6.07) is 6.29. The molecule has 4 nitrogen and oxygen atoms in total. The summed E-state index contributed by atoms with van der Waals surface area (Å²) in [5.41, 5.74) is 3.53. The Kier molecular flexibility index (Phi) is 4.74. The second-order valence-electron chi connectivity index (χ2n) is 4.86. The number of hydrogen-bond donors (Lipinski definition) is 0. The van der Waals surface area contributed by atoms with Gasteiger partial charge in [-0.3, -0.25) is 0 Å². The third kappa shape index (κ3) is 2.99. The third-order valence-corrected chi connectivity index (χ3v) is 3.80. The fraction of sp³-hybridized carbons (Fsp3) is 0.333. The number of methoxy groups -OCH3 is 1. The van der Waals surface area contributed by atoms with E-state index in [-0.39, 0.29) is 12.0 Å². The van der Waals surface area contributed by atoms with Crippen LogP contribution in [-0.4, -0.2) is 38.0 Å². The van der Waals surface area contributed by atoms with Gasteiger partial charge in [0.1, 0.15) is 0 Å². The van der Waals surface area contributed by atoms with E-state index in [0.717, 1.165) is 24.7 Å². The fourth-order valence-corrected chi connectivity index (χ4v) is 2.68. The molecule has 1 heterocycles. The van der Waals surface area contributed by atoms with Crippen molar-refractivity contribution in [3.63, 3.8) is 0 Å². The highest BCUT2D eigenvalue weighted by molar-refractivity contribution is 6.64. The van der Waals surface area contributed by atoms with Crippen molar-refractivity contribution in [2.45, 2.75) is 19.4 Å². The first-order valence-corrected chi connectivity index (χ1v) is 6.73. The molecule has 0 unspecified atom stereocenters. The Hall–Kier alpha value is -1.88. The number of carbonyl (C=O) groups excluding carboxylic acids is 2. The van der Waals surface area contributed by atoms with E-state index in [2.05, 4.69) is 22.5 Å². The Morgan fingerprint density at radius 1 is 1.50 bits per heavy atom. The molecule has 0 fully saturated rings. The molecular weight excluding hydrogens is 253 g/mol. The predicted octanol–water partition coefficient (Wildman–Crippen LogP) is 1.33. The van der Waals surface area contributed by atoms with Crippen LogP contribution in [0.2, 0.25) is 0 Å². The van der Waals surface area contributed by atoms with E-state index in [1.54, 1.807) is 6.08 Å². The van der Waals surface area contributed by atoms with Crippen LogP contribution in [0.1, 0.15) is 29.7 Å². The summed E-state index contributed by atoms with van der Waals surface area (Å²) in [7, 11) is 1.83. The van der Waals surface area contributed by atoms with E-state index in [1.807, 2.05) is 12.1 Å². The molecule has 0 aliphatic carbocycles. The first-order chi connectivity index (χ1) is 9.67. The Bertz CT molecular complexity index is 542. The number of esters is 1. The maximum atomic E-state index is 11.2. The zero-order valence-electron chi connectivity index (χ0n) is 11.8. The average Bonchev–Trinajstić information content (AvgIpc) is 2.48. The molecule has 0 saturated heterocycles. The van der Waals surface area contributed by atoms with E-state index in [0.29, 0.717) is 7.41 Å². The minimum atomic E-state index is -0.353. The molecule has 0 saturated carbocycles. The van der Waals surface area contributed by atoms with Crippen molar-refractivity contribution >= 4 is 25.6 Å². The van der Waals surface area contributed by atoms with E-state index in [9.17, 15) is 9.59 Å². The van der Waals surface area contributed by atoms with Crippen molar-refractivity contribution in [1.29, 1.82) is 0 Å². The lowest BCUT2D eigenvalue weighted by atomic mass is 9.82. The summed E-state index contributed by atoms with van der Waals surface area (Å²) < 4.78 is 4.61. The van der Waals surface area contributed by atoms with Crippen LogP contribution in [0.15, 0.2) is 24.3 Å². The SMILES string of the molecule is COC(=O)/C=C/c1cccc2c1CCN(BC=O)[C@H]2C. The summed E-state index contributed by atoms with van der Waals surface area (Å²) in [6.45, 7) is 2.96. The van der Waals surface area contributed by atoms with Crippen LogP contribution >= 0.6 is 0 Å². The van der Waals surface area contributed by atoms with Crippen LogP contribution in [0, 0.1) is 0 Å². The second kappa shape index (κ2) is 6.52. The monoisotopic (exact) mass is 271 g/mol. The number of carbonyl (C=O) groups is 2. The first kappa shape index (κ1) is 14.5. The normalized spacial score (nSPS) is 18.6. The van der Waals surface area contributed by atoms with Crippen molar-refractivity contribution in [2.75, 3.05) is 13.7 Å². The quantitative estimate of drug-likeness (QED) is 0.359. The lowest BCUT2D eigenvalue weighted by Crippen LogP contribution is -2.37. The summed E-state index contributed by atoms with van der Waals surface area (Å²) >= 11 is 0. The summed E-state index contributed by atoms with van der Waals surface area (Å²) in [5, 5.41) is 0. The van der Waals surface area contributed by atoms with Crippen LogP contribution < -0.4 is 0 Å². The molecule has 0 aromatic heterocycles. The number of ether oxygens (including phenoxy) is 1. The average molecular weight is 271 g/mol. The van der Waals surface area contributed by atoms with Gasteiger partial charge < -0.3 is 14.3 Å². The van der Waals surface area contributed by atoms with Crippen molar-refractivity contribution in [3.05, 3.63) is 41.0 Å². The van der Waals surface area contributed by atoms with Crippen LogP contribution in [0.5, 0.6) is 0 Å². The van der Waals surface area contributed by atoms with Gasteiger partial charge in [-0.05, 0) is 42.7 Å². The molecular formula is C15H18BNO3. The van der Waals surface area contributed by atoms with Crippen molar-refractivity contribution < 1.29 is 14.3 Å². The highest BCUT2D eigenvalue weighted by Gasteiger charge is 2.24. The number of rotatable bonds is 4. The number of fused-ring (bicyclic) bond motifs is 1. The van der Waals surface area contributed by atoms with Gasteiger partial charge in [0, 0.05) is 12.1 Å². The van der Waals surface area contributed by atoms with Gasteiger partial charge in [0.15, 0.2) is 0 Å². The highest BCUT2D eigenvalue weighted by Crippen LogP contribution is 2.31. The topological polar surface area (TPSA) is 46.6 Å². The van der Waals surface area contributed by atoms with Gasteiger partial charge in [0.05, 0.1) is 13.3 Å². The van der Waals surface area contributed by atoms with E-state index in [1.165, 1.54) is 24.3 Å². The van der Waals surface area contributed by atoms with E-state index in [4.69, 9.17) is 0 Å². The molecule has 0 spiro atoms. The maximum Gasteiger partial charge on any atom is 0.330 e. The molecule has 1 aliphatic rings. The van der Waals surface area contributed by atoms with Gasteiger partial charge in [-0.1, -0.05) is 18.2 Å². The molecule has 1 aliphatic heterocycles. The first-order valence-electron chi connectivity index (χ1n) is 6.73. The zero-order valence-corrected chi connectivity index (χ0v) is 11.8. The molecule has 0 amide bonds. The van der Waals surface area contributed by atoms with Gasteiger partial charge in [0.2, 0.25) is 0 Å². The molecule has 20 heavy (non-hydrogen) atoms. The fourth-order valence-electron chi connectivity index (χ4n) is 2.68. The Morgan fingerprint density at radius 3 is 3.00 bits per heavy atom. The van der Waals surface area contributed by atoms with Crippen LogP contribution in [0.3, 0.4) is 0 Å². The van der Waals surface area contributed by atoms with Crippen molar-refractivity contribution in [2.24, 2.45) is 0 Å². The Labute approximate surface area is 119 Å². The minimum Gasteiger partial charge on any atom is -0.466 e. The van der Waals surface area contributed by atoms with Gasteiger partial charge in [-0.15, -0.1) is 0 Å². The smallest absolute Gasteiger partial charge is 0.330 e. The van der Waals surface area contributed by atoms with Crippen molar-refractivity contribution in [1.82, 2.24) is 4.81 Å². The zero-order chi connectivity index (χ0) is 14.5. The lowest BCUT2D eigenvalue weighted by Gasteiger charge is -2.34. The largest absolute Gasteiger partial charge is 0.466 e. The third-order valence-electron chi connectivity index (χ3n) is 3.80. The molecule has 0 radical (unpaired) electrons. The van der Waals surface area contributed by atoms with Gasteiger partial charge in [-0.25, -0.2) is 4.79 Å². The molecule has 1 atom stereocenters. The minimum absolute atomic E-state index is 0.218. The highest BCUT2D eigenvalue weighted by atomic mass is 16.5. The molecule has 0 bridgehead atoms. The lowest BCUT2D eigenvalue weighted by molar-refractivity contribution is -0.134. The van der Waals surface area contributed by atoms with E-state index < -0.39 is 0 Å².